The van der Waals surface area contributed by atoms with Crippen molar-refractivity contribution in [3.8, 4) is 0 Å². The standard InChI is InChI=1S/C11H20O4/c1-4-15-11(10(12)13)5-6-14-9(7-11)8(2)3/h8-9H,4-7H2,1-3H3,(H,12,13). The Labute approximate surface area is 90.6 Å². The summed E-state index contributed by atoms with van der Waals surface area (Å²) in [5.74, 6) is -0.539. The van der Waals surface area contributed by atoms with E-state index in [-0.39, 0.29) is 6.10 Å². The van der Waals surface area contributed by atoms with Gasteiger partial charge < -0.3 is 14.6 Å². The summed E-state index contributed by atoms with van der Waals surface area (Å²) >= 11 is 0. The molecule has 2 atom stereocenters. The van der Waals surface area contributed by atoms with E-state index in [1.54, 1.807) is 0 Å². The second-order valence-corrected chi connectivity index (χ2v) is 4.34. The molecule has 0 aliphatic carbocycles. The van der Waals surface area contributed by atoms with Crippen molar-refractivity contribution in [2.45, 2.75) is 45.3 Å². The highest BCUT2D eigenvalue weighted by Crippen LogP contribution is 2.32. The van der Waals surface area contributed by atoms with Gasteiger partial charge in [-0.3, -0.25) is 0 Å². The number of hydrogen-bond donors (Lipinski definition) is 1. The first kappa shape index (κ1) is 12.5. The molecule has 0 amide bonds. The van der Waals surface area contributed by atoms with Gasteiger partial charge in [-0.15, -0.1) is 0 Å². The Bertz CT molecular complexity index is 223. The lowest BCUT2D eigenvalue weighted by atomic mass is 9.86. The van der Waals surface area contributed by atoms with Crippen LogP contribution in [0, 0.1) is 5.92 Å². The quantitative estimate of drug-likeness (QED) is 0.776. The van der Waals surface area contributed by atoms with Crippen molar-refractivity contribution in [2.75, 3.05) is 13.2 Å². The van der Waals surface area contributed by atoms with E-state index in [4.69, 9.17) is 9.47 Å². The first-order valence-corrected chi connectivity index (χ1v) is 5.51. The van der Waals surface area contributed by atoms with Gasteiger partial charge in [0.05, 0.1) is 12.7 Å². The largest absolute Gasteiger partial charge is 0.479 e. The van der Waals surface area contributed by atoms with Crippen molar-refractivity contribution in [3.63, 3.8) is 0 Å². The fourth-order valence-corrected chi connectivity index (χ4v) is 1.95. The topological polar surface area (TPSA) is 55.8 Å². The molecule has 1 N–H and O–H groups in total. The summed E-state index contributed by atoms with van der Waals surface area (Å²) in [5, 5.41) is 9.24. The van der Waals surface area contributed by atoms with E-state index in [9.17, 15) is 9.90 Å². The Morgan fingerprint density at radius 2 is 2.33 bits per heavy atom. The molecule has 1 fully saturated rings. The lowest BCUT2D eigenvalue weighted by molar-refractivity contribution is -0.188. The maximum absolute atomic E-state index is 11.3. The lowest BCUT2D eigenvalue weighted by Crippen LogP contribution is -2.50. The van der Waals surface area contributed by atoms with E-state index < -0.39 is 11.6 Å². The highest BCUT2D eigenvalue weighted by molar-refractivity contribution is 5.77. The molecule has 1 saturated heterocycles. The van der Waals surface area contributed by atoms with Crippen LogP contribution in [0.1, 0.15) is 33.6 Å². The van der Waals surface area contributed by atoms with Crippen LogP contribution in [0.4, 0.5) is 0 Å². The van der Waals surface area contributed by atoms with Crippen LogP contribution in [0.25, 0.3) is 0 Å². The van der Waals surface area contributed by atoms with Crippen molar-refractivity contribution < 1.29 is 19.4 Å². The summed E-state index contributed by atoms with van der Waals surface area (Å²) in [5.41, 5.74) is -1.03. The maximum Gasteiger partial charge on any atom is 0.336 e. The molecule has 4 heteroatoms. The molecule has 0 bridgehead atoms. The summed E-state index contributed by atoms with van der Waals surface area (Å²) in [6.45, 7) is 6.79. The second-order valence-electron chi connectivity index (χ2n) is 4.34. The van der Waals surface area contributed by atoms with E-state index in [1.165, 1.54) is 0 Å². The SMILES string of the molecule is CCOC1(C(=O)O)CCOC(C(C)C)C1. The van der Waals surface area contributed by atoms with Crippen molar-refractivity contribution >= 4 is 5.97 Å². The number of carboxylic acid groups (broad SMARTS) is 1. The first-order valence-electron chi connectivity index (χ1n) is 5.51. The smallest absolute Gasteiger partial charge is 0.336 e. The van der Waals surface area contributed by atoms with Crippen molar-refractivity contribution in [2.24, 2.45) is 5.92 Å². The number of ether oxygens (including phenoxy) is 2. The monoisotopic (exact) mass is 216 g/mol. The fourth-order valence-electron chi connectivity index (χ4n) is 1.95. The third-order valence-electron chi connectivity index (χ3n) is 2.92. The molecule has 0 aromatic heterocycles. The fraction of sp³-hybridized carbons (Fsp3) is 0.909. The average molecular weight is 216 g/mol. The molecule has 0 aromatic rings. The predicted molar refractivity (Wildman–Crippen MR) is 55.8 cm³/mol. The molecule has 1 aliphatic rings. The van der Waals surface area contributed by atoms with E-state index in [2.05, 4.69) is 0 Å². The van der Waals surface area contributed by atoms with Gasteiger partial charge in [-0.05, 0) is 12.8 Å². The number of carboxylic acids is 1. The van der Waals surface area contributed by atoms with Crippen LogP contribution in [0.15, 0.2) is 0 Å². The normalized spacial score (nSPS) is 31.9. The van der Waals surface area contributed by atoms with Gasteiger partial charge in [0.1, 0.15) is 0 Å². The molecule has 1 aliphatic heterocycles. The van der Waals surface area contributed by atoms with Gasteiger partial charge in [0.2, 0.25) is 0 Å². The van der Waals surface area contributed by atoms with Gasteiger partial charge in [0.25, 0.3) is 0 Å². The zero-order valence-electron chi connectivity index (χ0n) is 9.66. The molecule has 0 radical (unpaired) electrons. The number of aliphatic carboxylic acids is 1. The Morgan fingerprint density at radius 3 is 2.80 bits per heavy atom. The van der Waals surface area contributed by atoms with Crippen molar-refractivity contribution in [1.29, 1.82) is 0 Å². The van der Waals surface area contributed by atoms with Crippen LogP contribution in [-0.4, -0.2) is 36.0 Å². The van der Waals surface area contributed by atoms with Crippen LogP contribution < -0.4 is 0 Å². The van der Waals surface area contributed by atoms with Gasteiger partial charge in [-0.2, -0.15) is 0 Å². The maximum atomic E-state index is 11.3. The molecule has 88 valence electrons. The molecule has 0 aromatic carbocycles. The number of rotatable bonds is 4. The molecule has 4 nitrogen and oxygen atoms in total. The molecule has 1 rings (SSSR count). The Hall–Kier alpha value is -0.610. The summed E-state index contributed by atoms with van der Waals surface area (Å²) in [6.07, 6.45) is 0.883. The molecule has 0 saturated carbocycles. The minimum Gasteiger partial charge on any atom is -0.479 e. The van der Waals surface area contributed by atoms with Crippen LogP contribution in [-0.2, 0) is 14.3 Å². The summed E-state index contributed by atoms with van der Waals surface area (Å²) < 4.78 is 11.0. The highest BCUT2D eigenvalue weighted by atomic mass is 16.5. The molecule has 15 heavy (non-hydrogen) atoms. The zero-order chi connectivity index (χ0) is 11.5. The van der Waals surface area contributed by atoms with Crippen LogP contribution >= 0.6 is 0 Å². The third kappa shape index (κ3) is 2.69. The van der Waals surface area contributed by atoms with Crippen molar-refractivity contribution in [3.05, 3.63) is 0 Å². The molecule has 0 spiro atoms. The Balaban J connectivity index is 2.75. The highest BCUT2D eigenvalue weighted by Gasteiger charge is 2.45. The molecule has 2 unspecified atom stereocenters. The Kier molecular flexibility index (Phi) is 4.11. The van der Waals surface area contributed by atoms with Crippen molar-refractivity contribution in [1.82, 2.24) is 0 Å². The van der Waals surface area contributed by atoms with Gasteiger partial charge in [0.15, 0.2) is 5.60 Å². The average Bonchev–Trinajstić information content (AvgIpc) is 2.18. The minimum absolute atomic E-state index is 0.0126. The minimum atomic E-state index is -1.03. The Morgan fingerprint density at radius 1 is 1.67 bits per heavy atom. The van der Waals surface area contributed by atoms with E-state index >= 15 is 0 Å². The van der Waals surface area contributed by atoms with E-state index in [0.717, 1.165) is 0 Å². The lowest BCUT2D eigenvalue weighted by Gasteiger charge is -2.38. The van der Waals surface area contributed by atoms with Crippen LogP contribution in [0.5, 0.6) is 0 Å². The van der Waals surface area contributed by atoms with Gasteiger partial charge >= 0.3 is 5.97 Å². The zero-order valence-corrected chi connectivity index (χ0v) is 9.66. The first-order chi connectivity index (χ1) is 7.02. The van der Waals surface area contributed by atoms with Gasteiger partial charge in [0, 0.05) is 19.4 Å². The van der Waals surface area contributed by atoms with Gasteiger partial charge in [-0.25, -0.2) is 4.79 Å². The second kappa shape index (κ2) is 4.94. The van der Waals surface area contributed by atoms with Crippen LogP contribution in [0.2, 0.25) is 0 Å². The van der Waals surface area contributed by atoms with Crippen LogP contribution in [0.3, 0.4) is 0 Å². The molecule has 1 heterocycles. The van der Waals surface area contributed by atoms with E-state index in [0.29, 0.717) is 32.0 Å². The summed E-state index contributed by atoms with van der Waals surface area (Å²) in [6, 6.07) is 0. The summed E-state index contributed by atoms with van der Waals surface area (Å²) in [7, 11) is 0. The number of hydrogen-bond acceptors (Lipinski definition) is 3. The van der Waals surface area contributed by atoms with E-state index in [1.807, 2.05) is 20.8 Å². The molecular weight excluding hydrogens is 196 g/mol. The third-order valence-corrected chi connectivity index (χ3v) is 2.92. The summed E-state index contributed by atoms with van der Waals surface area (Å²) in [4.78, 5) is 11.3. The van der Waals surface area contributed by atoms with Gasteiger partial charge in [-0.1, -0.05) is 13.8 Å². The molecular formula is C11H20O4. The number of carbonyl (C=O) groups is 1. The predicted octanol–water partition coefficient (Wildman–Crippen LogP) is 1.68.